The number of hydrogen-bond acceptors (Lipinski definition) is 7. The Morgan fingerprint density at radius 2 is 1.69 bits per heavy atom. The van der Waals surface area contributed by atoms with E-state index in [2.05, 4.69) is 10.3 Å². The van der Waals surface area contributed by atoms with Crippen molar-refractivity contribution in [3.63, 3.8) is 0 Å². The number of pyridine rings is 1. The monoisotopic (exact) mass is 507 g/mol. The normalized spacial score (nSPS) is 14.0. The second-order valence-corrected chi connectivity index (χ2v) is 11.7. The number of methoxy groups -OCH3 is 1. The first-order valence-electron chi connectivity index (χ1n) is 11.5. The van der Waals surface area contributed by atoms with Gasteiger partial charge in [-0.05, 0) is 75.1 Å². The van der Waals surface area contributed by atoms with Gasteiger partial charge in [-0.3, -0.25) is 4.98 Å². The van der Waals surface area contributed by atoms with Crippen molar-refractivity contribution in [2.24, 2.45) is 5.92 Å². The van der Waals surface area contributed by atoms with Gasteiger partial charge in [-0.25, -0.2) is 13.2 Å². The van der Waals surface area contributed by atoms with Crippen LogP contribution in [0.3, 0.4) is 0 Å². The van der Waals surface area contributed by atoms with E-state index in [1.165, 1.54) is 23.5 Å². The number of rotatable bonds is 11. The van der Waals surface area contributed by atoms with E-state index >= 15 is 0 Å². The molecule has 9 nitrogen and oxygen atoms in total. The summed E-state index contributed by atoms with van der Waals surface area (Å²) in [6.45, 7) is 9.01. The highest BCUT2D eigenvalue weighted by Gasteiger charge is 2.32. The van der Waals surface area contributed by atoms with Crippen molar-refractivity contribution in [1.82, 2.24) is 14.6 Å². The Labute approximate surface area is 208 Å². The smallest absolute Gasteiger partial charge is 0.407 e. The Kier molecular flexibility index (Phi) is 10.1. The zero-order valence-corrected chi connectivity index (χ0v) is 22.1. The summed E-state index contributed by atoms with van der Waals surface area (Å²) in [4.78, 5) is 16.6. The van der Waals surface area contributed by atoms with Crippen LogP contribution in [0, 0.1) is 5.92 Å². The van der Waals surface area contributed by atoms with Crippen LogP contribution in [-0.4, -0.2) is 66.9 Å². The highest BCUT2D eigenvalue weighted by atomic mass is 32.2. The van der Waals surface area contributed by atoms with Gasteiger partial charge in [0.05, 0.1) is 24.2 Å². The van der Waals surface area contributed by atoms with Crippen molar-refractivity contribution in [2.45, 2.75) is 63.7 Å². The van der Waals surface area contributed by atoms with Gasteiger partial charge in [0, 0.05) is 25.5 Å². The molecule has 0 aliphatic rings. The number of alkyl carbamates (subject to hydrolysis) is 1. The second-order valence-electron chi connectivity index (χ2n) is 9.77. The van der Waals surface area contributed by atoms with Crippen LogP contribution in [0.25, 0.3) is 0 Å². The van der Waals surface area contributed by atoms with Gasteiger partial charge in [-0.1, -0.05) is 13.8 Å². The van der Waals surface area contributed by atoms with Crippen LogP contribution in [0.2, 0.25) is 0 Å². The lowest BCUT2D eigenvalue weighted by molar-refractivity contribution is 0.0400. The first-order chi connectivity index (χ1) is 16.3. The number of aliphatic hydroxyl groups excluding tert-OH is 1. The average Bonchev–Trinajstić information content (AvgIpc) is 2.77. The minimum atomic E-state index is -3.92. The fourth-order valence-corrected chi connectivity index (χ4v) is 5.05. The minimum absolute atomic E-state index is 0.00712. The molecule has 0 unspecified atom stereocenters. The van der Waals surface area contributed by atoms with Gasteiger partial charge in [0.1, 0.15) is 11.4 Å². The van der Waals surface area contributed by atoms with E-state index in [0.29, 0.717) is 5.75 Å². The van der Waals surface area contributed by atoms with Crippen molar-refractivity contribution < 1.29 is 27.8 Å². The SMILES string of the molecule is COc1ccc(S(=O)(=O)N(CC(C)C)C[C@@H](O)[C@H](Cc2ccncc2)NC(=O)OC(C)(C)C)cc1. The van der Waals surface area contributed by atoms with Gasteiger partial charge in [0.15, 0.2) is 0 Å². The quantitative estimate of drug-likeness (QED) is 0.479. The van der Waals surface area contributed by atoms with Crippen molar-refractivity contribution in [1.29, 1.82) is 0 Å². The fourth-order valence-electron chi connectivity index (χ4n) is 3.43. The van der Waals surface area contributed by atoms with Crippen molar-refractivity contribution in [3.05, 3.63) is 54.4 Å². The zero-order chi connectivity index (χ0) is 26.2. The molecule has 0 radical (unpaired) electrons. The minimum Gasteiger partial charge on any atom is -0.497 e. The van der Waals surface area contributed by atoms with Crippen LogP contribution >= 0.6 is 0 Å². The van der Waals surface area contributed by atoms with Crippen LogP contribution in [0.5, 0.6) is 5.75 Å². The lowest BCUT2D eigenvalue weighted by Gasteiger charge is -2.31. The van der Waals surface area contributed by atoms with Gasteiger partial charge in [-0.2, -0.15) is 4.31 Å². The summed E-state index contributed by atoms with van der Waals surface area (Å²) >= 11 is 0. The Balaban J connectivity index is 2.31. The van der Waals surface area contributed by atoms with Gasteiger partial charge in [-0.15, -0.1) is 0 Å². The molecule has 0 aliphatic carbocycles. The molecule has 1 amide bonds. The number of aliphatic hydroxyl groups is 1. The van der Waals surface area contributed by atoms with E-state index in [-0.39, 0.29) is 30.3 Å². The number of carbonyl (C=O) groups excluding carboxylic acids is 1. The third kappa shape index (κ3) is 9.12. The molecule has 194 valence electrons. The highest BCUT2D eigenvalue weighted by molar-refractivity contribution is 7.89. The molecule has 0 spiro atoms. The van der Waals surface area contributed by atoms with Crippen molar-refractivity contribution >= 4 is 16.1 Å². The molecule has 1 heterocycles. The van der Waals surface area contributed by atoms with Gasteiger partial charge >= 0.3 is 6.09 Å². The summed E-state index contributed by atoms with van der Waals surface area (Å²) in [6, 6.07) is 8.85. The number of nitrogens with zero attached hydrogens (tertiary/aromatic N) is 2. The molecule has 1 aromatic heterocycles. The molecule has 2 aromatic rings. The van der Waals surface area contributed by atoms with Crippen molar-refractivity contribution in [3.8, 4) is 5.75 Å². The third-order valence-electron chi connectivity index (χ3n) is 5.03. The van der Waals surface area contributed by atoms with E-state index in [4.69, 9.17) is 9.47 Å². The molecule has 35 heavy (non-hydrogen) atoms. The number of benzene rings is 1. The van der Waals surface area contributed by atoms with Gasteiger partial charge in [0.25, 0.3) is 0 Å². The summed E-state index contributed by atoms with van der Waals surface area (Å²) in [6.07, 6.45) is 1.60. The number of aromatic nitrogens is 1. The van der Waals surface area contributed by atoms with Gasteiger partial charge in [0.2, 0.25) is 10.0 Å². The predicted octanol–water partition coefficient (Wildman–Crippen LogP) is 3.23. The summed E-state index contributed by atoms with van der Waals surface area (Å²) in [5.41, 5.74) is 0.103. The Morgan fingerprint density at radius 1 is 1.09 bits per heavy atom. The standard InChI is InChI=1S/C25H37N3O6S/c1-18(2)16-28(35(31,32)21-9-7-20(33-6)8-10-21)17-23(29)22(15-19-11-13-26-14-12-19)27-24(30)34-25(3,4)5/h7-14,18,22-23,29H,15-17H2,1-6H3,(H,27,30)/t22-,23+/m0/s1. The van der Waals surface area contributed by atoms with E-state index in [9.17, 15) is 18.3 Å². The van der Waals surface area contributed by atoms with Crippen LogP contribution in [-0.2, 0) is 21.2 Å². The topological polar surface area (TPSA) is 118 Å². The lowest BCUT2D eigenvalue weighted by atomic mass is 10.0. The highest BCUT2D eigenvalue weighted by Crippen LogP contribution is 2.22. The molecular weight excluding hydrogens is 470 g/mol. The van der Waals surface area contributed by atoms with E-state index in [1.807, 2.05) is 13.8 Å². The van der Waals surface area contributed by atoms with E-state index < -0.39 is 33.9 Å². The Bertz CT molecular complexity index is 1040. The molecule has 2 N–H and O–H groups in total. The molecule has 0 fully saturated rings. The maximum atomic E-state index is 13.4. The van der Waals surface area contributed by atoms with E-state index in [0.717, 1.165) is 5.56 Å². The molecule has 0 aliphatic heterocycles. The number of carbonyl (C=O) groups is 1. The maximum Gasteiger partial charge on any atom is 0.407 e. The number of ether oxygens (including phenoxy) is 2. The molecule has 2 rings (SSSR count). The summed E-state index contributed by atoms with van der Waals surface area (Å²) in [5, 5.41) is 13.9. The molecule has 0 saturated carbocycles. The fraction of sp³-hybridized carbons (Fsp3) is 0.520. The van der Waals surface area contributed by atoms with Crippen LogP contribution in [0.15, 0.2) is 53.7 Å². The van der Waals surface area contributed by atoms with Gasteiger partial charge < -0.3 is 19.9 Å². The maximum absolute atomic E-state index is 13.4. The molecule has 1 aromatic carbocycles. The number of hydrogen-bond donors (Lipinski definition) is 2. The largest absolute Gasteiger partial charge is 0.497 e. The summed E-state index contributed by atoms with van der Waals surface area (Å²) < 4.78 is 38.6. The molecule has 10 heteroatoms. The predicted molar refractivity (Wildman–Crippen MR) is 134 cm³/mol. The lowest BCUT2D eigenvalue weighted by Crippen LogP contribution is -2.51. The van der Waals surface area contributed by atoms with Crippen LogP contribution in [0.1, 0.15) is 40.2 Å². The zero-order valence-electron chi connectivity index (χ0n) is 21.3. The second kappa shape index (κ2) is 12.3. The molecule has 0 saturated heterocycles. The average molecular weight is 508 g/mol. The number of nitrogens with one attached hydrogen (secondary N) is 1. The number of amides is 1. The molecular formula is C25H37N3O6S. The van der Waals surface area contributed by atoms with Crippen LogP contribution in [0.4, 0.5) is 4.79 Å². The first-order valence-corrected chi connectivity index (χ1v) is 13.0. The first kappa shape index (κ1) is 28.5. The number of sulfonamides is 1. The molecule has 2 atom stereocenters. The Morgan fingerprint density at radius 3 is 2.20 bits per heavy atom. The Hall–Kier alpha value is -2.69. The summed E-state index contributed by atoms with van der Waals surface area (Å²) in [5.74, 6) is 0.547. The van der Waals surface area contributed by atoms with E-state index in [1.54, 1.807) is 57.4 Å². The molecule has 0 bridgehead atoms. The summed E-state index contributed by atoms with van der Waals surface area (Å²) in [7, 11) is -2.41. The van der Waals surface area contributed by atoms with Crippen molar-refractivity contribution in [2.75, 3.05) is 20.2 Å². The third-order valence-corrected chi connectivity index (χ3v) is 6.87. The van der Waals surface area contributed by atoms with Crippen LogP contribution < -0.4 is 10.1 Å².